The Hall–Kier alpha value is -1.93. The van der Waals surface area contributed by atoms with Crippen molar-refractivity contribution in [1.29, 1.82) is 0 Å². The van der Waals surface area contributed by atoms with E-state index in [9.17, 15) is 13.2 Å². The molecule has 0 aliphatic carbocycles. The smallest absolute Gasteiger partial charge is 0.241 e. The van der Waals surface area contributed by atoms with E-state index in [-0.39, 0.29) is 22.1 Å². The van der Waals surface area contributed by atoms with E-state index in [4.69, 9.17) is 16.3 Å². The predicted molar refractivity (Wildman–Crippen MR) is 131 cm³/mol. The molecule has 2 N–H and O–H groups in total. The Morgan fingerprint density at radius 1 is 1.12 bits per heavy atom. The summed E-state index contributed by atoms with van der Waals surface area (Å²) in [6, 6.07) is 13.4. The Balaban J connectivity index is 1.78. The predicted octanol–water partition coefficient (Wildman–Crippen LogP) is 4.21. The van der Waals surface area contributed by atoms with Crippen molar-refractivity contribution in [3.63, 3.8) is 0 Å². The summed E-state index contributed by atoms with van der Waals surface area (Å²) in [5, 5.41) is 3.68. The van der Waals surface area contributed by atoms with E-state index < -0.39 is 16.1 Å². The lowest BCUT2D eigenvalue weighted by Crippen LogP contribution is -2.51. The molecule has 0 bridgehead atoms. The van der Waals surface area contributed by atoms with Gasteiger partial charge < -0.3 is 10.1 Å². The number of carbonyl (C=O) groups excluding carboxylic acids is 1. The molecule has 1 fully saturated rings. The molecule has 0 aromatic heterocycles. The van der Waals surface area contributed by atoms with E-state index in [2.05, 4.69) is 10.0 Å². The minimum atomic E-state index is -3.83. The lowest BCUT2D eigenvalue weighted by Gasteiger charge is -2.38. The summed E-state index contributed by atoms with van der Waals surface area (Å²) < 4.78 is 34.1. The quantitative estimate of drug-likeness (QED) is 0.549. The van der Waals surface area contributed by atoms with Crippen molar-refractivity contribution in [3.05, 3.63) is 64.7 Å². The first-order valence-electron chi connectivity index (χ1n) is 11.3. The molecule has 1 aliphatic heterocycles. The van der Waals surface area contributed by atoms with Gasteiger partial charge >= 0.3 is 0 Å². The van der Waals surface area contributed by atoms with E-state index in [0.29, 0.717) is 31.2 Å². The molecule has 6 nitrogen and oxygen atoms in total. The Bertz CT molecular complexity index is 1050. The van der Waals surface area contributed by atoms with Crippen LogP contribution in [0, 0.1) is 12.8 Å². The van der Waals surface area contributed by atoms with Gasteiger partial charge in [0.05, 0.1) is 4.90 Å². The average molecular weight is 493 g/mol. The molecule has 2 aromatic carbocycles. The monoisotopic (exact) mass is 492 g/mol. The van der Waals surface area contributed by atoms with Crippen LogP contribution in [0.25, 0.3) is 0 Å². The summed E-state index contributed by atoms with van der Waals surface area (Å²) in [5.41, 5.74) is 1.71. The highest BCUT2D eigenvalue weighted by atomic mass is 35.5. The van der Waals surface area contributed by atoms with Crippen LogP contribution in [0.2, 0.25) is 5.02 Å². The van der Waals surface area contributed by atoms with Crippen LogP contribution in [0.5, 0.6) is 0 Å². The van der Waals surface area contributed by atoms with Crippen molar-refractivity contribution in [2.75, 3.05) is 19.8 Å². The van der Waals surface area contributed by atoms with Crippen LogP contribution in [0.1, 0.15) is 44.2 Å². The number of amides is 1. The first-order chi connectivity index (χ1) is 15.6. The lowest BCUT2D eigenvalue weighted by atomic mass is 9.74. The number of benzene rings is 2. The number of halogens is 1. The average Bonchev–Trinajstić information content (AvgIpc) is 2.77. The van der Waals surface area contributed by atoms with E-state index in [0.717, 1.165) is 24.0 Å². The van der Waals surface area contributed by atoms with Crippen molar-refractivity contribution in [2.45, 2.75) is 56.4 Å². The van der Waals surface area contributed by atoms with Crippen LogP contribution in [0.4, 0.5) is 0 Å². The number of hydrogen-bond acceptors (Lipinski definition) is 4. The van der Waals surface area contributed by atoms with Gasteiger partial charge in [0.15, 0.2) is 0 Å². The summed E-state index contributed by atoms with van der Waals surface area (Å²) in [5.74, 6) is -0.196. The van der Waals surface area contributed by atoms with E-state index in [1.807, 2.05) is 45.0 Å². The number of carbonyl (C=O) groups is 1. The Labute approximate surface area is 202 Å². The highest BCUT2D eigenvalue weighted by Gasteiger charge is 2.36. The van der Waals surface area contributed by atoms with Crippen molar-refractivity contribution in [3.8, 4) is 0 Å². The Morgan fingerprint density at radius 3 is 2.39 bits per heavy atom. The molecule has 1 unspecified atom stereocenters. The second-order valence-corrected chi connectivity index (χ2v) is 11.4. The second-order valence-electron chi connectivity index (χ2n) is 9.24. The molecule has 1 amide bonds. The fraction of sp³-hybridized carbons (Fsp3) is 0.480. The molecule has 1 atom stereocenters. The largest absolute Gasteiger partial charge is 0.381 e. The van der Waals surface area contributed by atoms with Crippen molar-refractivity contribution < 1.29 is 17.9 Å². The Morgan fingerprint density at radius 2 is 1.79 bits per heavy atom. The molecule has 0 saturated carbocycles. The van der Waals surface area contributed by atoms with Crippen LogP contribution in [0.15, 0.2) is 53.4 Å². The summed E-state index contributed by atoms with van der Waals surface area (Å²) in [6.07, 6.45) is 1.89. The van der Waals surface area contributed by atoms with Crippen LogP contribution in [-0.2, 0) is 25.0 Å². The number of sulfonamides is 1. The lowest BCUT2D eigenvalue weighted by molar-refractivity contribution is -0.123. The highest BCUT2D eigenvalue weighted by molar-refractivity contribution is 7.89. The number of ether oxygens (including phenoxy) is 1. The van der Waals surface area contributed by atoms with E-state index in [1.165, 1.54) is 0 Å². The normalized spacial score (nSPS) is 17.0. The number of nitrogens with one attached hydrogen (secondary N) is 2. The first kappa shape index (κ1) is 25.7. The number of rotatable bonds is 9. The maximum Gasteiger partial charge on any atom is 0.241 e. The molecule has 3 rings (SSSR count). The van der Waals surface area contributed by atoms with Crippen molar-refractivity contribution in [1.82, 2.24) is 10.0 Å². The second kappa shape index (κ2) is 11.0. The minimum absolute atomic E-state index is 0.131. The van der Waals surface area contributed by atoms with Crippen LogP contribution in [-0.4, -0.2) is 40.1 Å². The van der Waals surface area contributed by atoms with Crippen LogP contribution in [0.3, 0.4) is 0 Å². The molecule has 0 spiro atoms. The number of aryl methyl sites for hydroxylation is 1. The molecule has 1 saturated heterocycles. The first-order valence-corrected chi connectivity index (χ1v) is 13.2. The molecular weight excluding hydrogens is 460 g/mol. The van der Waals surface area contributed by atoms with E-state index >= 15 is 0 Å². The SMILES string of the molecule is Cc1ccc(S(=O)(=O)NC(CC(C)C)C(=O)NCC2(c3cccc(Cl)c3)CCOCC2)cc1. The molecule has 180 valence electrons. The summed E-state index contributed by atoms with van der Waals surface area (Å²) >= 11 is 6.24. The molecule has 1 heterocycles. The molecule has 33 heavy (non-hydrogen) atoms. The van der Waals surface area contributed by atoms with Gasteiger partial charge in [-0.3, -0.25) is 4.79 Å². The van der Waals surface area contributed by atoms with Crippen molar-refractivity contribution in [2.24, 2.45) is 5.92 Å². The fourth-order valence-corrected chi connectivity index (χ4v) is 5.58. The molecule has 0 radical (unpaired) electrons. The summed E-state index contributed by atoms with van der Waals surface area (Å²) in [7, 11) is -3.83. The maximum absolute atomic E-state index is 13.2. The standard InChI is InChI=1S/C25H33ClN2O4S/c1-18(2)15-23(28-33(30,31)22-9-7-19(3)8-10-22)24(29)27-17-25(11-13-32-14-12-25)20-5-4-6-21(26)16-20/h4-10,16,18,23,28H,11-15,17H2,1-3H3,(H,27,29). The van der Waals surface area contributed by atoms with Gasteiger partial charge in [0, 0.05) is 30.2 Å². The van der Waals surface area contributed by atoms with Gasteiger partial charge in [-0.05, 0) is 61.9 Å². The van der Waals surface area contributed by atoms with Gasteiger partial charge in [-0.2, -0.15) is 4.72 Å². The van der Waals surface area contributed by atoms with Gasteiger partial charge in [-0.25, -0.2) is 8.42 Å². The van der Waals surface area contributed by atoms with Crippen molar-refractivity contribution >= 4 is 27.5 Å². The van der Waals surface area contributed by atoms with Crippen LogP contribution < -0.4 is 10.0 Å². The van der Waals surface area contributed by atoms with Gasteiger partial charge in [-0.1, -0.05) is 55.3 Å². The molecular formula is C25H33ClN2O4S. The van der Waals surface area contributed by atoms with Gasteiger partial charge in [0.25, 0.3) is 0 Å². The third kappa shape index (κ3) is 6.79. The number of hydrogen-bond donors (Lipinski definition) is 2. The third-order valence-corrected chi connectivity index (χ3v) is 7.86. The molecule has 1 aliphatic rings. The van der Waals surface area contributed by atoms with Gasteiger partial charge in [0.1, 0.15) is 6.04 Å². The topological polar surface area (TPSA) is 84.5 Å². The zero-order chi connectivity index (χ0) is 24.1. The highest BCUT2D eigenvalue weighted by Crippen LogP contribution is 2.35. The maximum atomic E-state index is 13.2. The third-order valence-electron chi connectivity index (χ3n) is 6.14. The Kier molecular flexibility index (Phi) is 8.56. The van der Waals surface area contributed by atoms with E-state index in [1.54, 1.807) is 24.3 Å². The zero-order valence-electron chi connectivity index (χ0n) is 19.4. The van der Waals surface area contributed by atoms with Gasteiger partial charge in [-0.15, -0.1) is 0 Å². The summed E-state index contributed by atoms with van der Waals surface area (Å²) in [6.45, 7) is 7.40. The van der Waals surface area contributed by atoms with Crippen LogP contribution >= 0.6 is 11.6 Å². The molecule has 2 aromatic rings. The fourth-order valence-electron chi connectivity index (χ4n) is 4.18. The van der Waals surface area contributed by atoms with Gasteiger partial charge in [0.2, 0.25) is 15.9 Å². The zero-order valence-corrected chi connectivity index (χ0v) is 21.0. The molecule has 8 heteroatoms. The minimum Gasteiger partial charge on any atom is -0.381 e. The summed E-state index contributed by atoms with van der Waals surface area (Å²) in [4.78, 5) is 13.4.